The van der Waals surface area contributed by atoms with Crippen molar-refractivity contribution in [3.63, 3.8) is 0 Å². The van der Waals surface area contributed by atoms with Crippen LogP contribution in [0.15, 0.2) is 95.9 Å². The molecule has 1 saturated heterocycles. The number of carbonyl (C=O) groups is 1. The number of para-hydroxylation sites is 1. The van der Waals surface area contributed by atoms with Crippen molar-refractivity contribution in [3.8, 4) is 28.7 Å². The monoisotopic (exact) mass is 701 g/mol. The molecule has 7 rings (SSSR count). The maximum atomic E-state index is 15.5. The molecule has 11 heteroatoms. The third kappa shape index (κ3) is 7.45. The number of hydrogen-bond acceptors (Lipinski definition) is 8. The summed E-state index contributed by atoms with van der Waals surface area (Å²) in [5.41, 5.74) is 2.18. The van der Waals surface area contributed by atoms with Gasteiger partial charge in [-0.2, -0.15) is 5.10 Å². The van der Waals surface area contributed by atoms with Crippen LogP contribution >= 0.6 is 0 Å². The number of anilines is 1. The average Bonchev–Trinajstić information content (AvgIpc) is 3.15. The zero-order valence-electron chi connectivity index (χ0n) is 29.4. The first-order valence-corrected chi connectivity index (χ1v) is 17.5. The van der Waals surface area contributed by atoms with Crippen molar-refractivity contribution in [1.29, 1.82) is 0 Å². The average molecular weight is 702 g/mol. The number of ether oxygens (including phenoxy) is 3. The number of rotatable bonds is 11. The number of benzene rings is 4. The second-order valence-electron chi connectivity index (χ2n) is 13.2. The predicted octanol–water partition coefficient (Wildman–Crippen LogP) is 7.94. The second-order valence-corrected chi connectivity index (χ2v) is 13.2. The SMILES string of the molecule is COc1cc2c(Oc3ccc(NC(=O)c4nn(-c5ccc(C)cc5)c5ccccc5c4=O)cc3F)ccnc2cc1OCCCN1CCC(C)CC1. The lowest BCUT2D eigenvalue weighted by atomic mass is 9.99. The molecular formula is C41H40FN5O5. The van der Waals surface area contributed by atoms with E-state index in [1.165, 1.54) is 25.0 Å². The van der Waals surface area contributed by atoms with Crippen LogP contribution in [0.4, 0.5) is 10.1 Å². The van der Waals surface area contributed by atoms with Crippen LogP contribution in [0.5, 0.6) is 23.0 Å². The Morgan fingerprint density at radius 3 is 2.48 bits per heavy atom. The maximum absolute atomic E-state index is 15.5. The molecule has 1 aliphatic rings. The molecule has 0 radical (unpaired) electrons. The maximum Gasteiger partial charge on any atom is 0.280 e. The standard InChI is InChI=1S/C41H40FN5O5/c1-26-9-12-29(13-10-26)47-34-8-5-4-7-30(34)40(48)39(45-47)41(49)44-28-11-14-36(32(42)23-28)52-35-15-18-43-33-25-38(37(50-3)24-31(33)35)51-22-6-19-46-20-16-27(2)17-21-46/h4-5,7-15,18,23-25,27H,6,16-17,19-22H2,1-3H3,(H,44,49). The number of aromatic nitrogens is 3. The van der Waals surface area contributed by atoms with Crippen LogP contribution in [0.2, 0.25) is 0 Å². The minimum Gasteiger partial charge on any atom is -0.493 e. The number of carbonyl (C=O) groups excluding carboxylic acids is 1. The highest BCUT2D eigenvalue weighted by atomic mass is 19.1. The van der Waals surface area contributed by atoms with Crippen molar-refractivity contribution in [2.75, 3.05) is 38.7 Å². The lowest BCUT2D eigenvalue weighted by molar-refractivity contribution is 0.102. The quantitative estimate of drug-likeness (QED) is 0.136. The van der Waals surface area contributed by atoms with Gasteiger partial charge >= 0.3 is 0 Å². The molecule has 266 valence electrons. The van der Waals surface area contributed by atoms with Gasteiger partial charge in [0, 0.05) is 35.9 Å². The van der Waals surface area contributed by atoms with Crippen molar-refractivity contribution in [2.45, 2.75) is 33.1 Å². The van der Waals surface area contributed by atoms with E-state index in [9.17, 15) is 9.59 Å². The van der Waals surface area contributed by atoms with Crippen LogP contribution in [0.1, 0.15) is 42.2 Å². The Bertz CT molecular complexity index is 2300. The molecule has 0 bridgehead atoms. The molecule has 3 heterocycles. The lowest BCUT2D eigenvalue weighted by Gasteiger charge is -2.30. The van der Waals surface area contributed by atoms with E-state index in [0.29, 0.717) is 51.3 Å². The Morgan fingerprint density at radius 1 is 0.923 bits per heavy atom. The number of piperidine rings is 1. The van der Waals surface area contributed by atoms with Gasteiger partial charge in [-0.1, -0.05) is 36.8 Å². The van der Waals surface area contributed by atoms with Gasteiger partial charge in [-0.05, 0) is 93.7 Å². The number of methoxy groups -OCH3 is 1. The fraction of sp³-hybridized carbons (Fsp3) is 0.268. The molecule has 6 aromatic rings. The van der Waals surface area contributed by atoms with Gasteiger partial charge in [0.15, 0.2) is 28.8 Å². The van der Waals surface area contributed by atoms with Crippen LogP contribution < -0.4 is 25.0 Å². The zero-order valence-corrected chi connectivity index (χ0v) is 29.4. The Labute approximate surface area is 300 Å². The number of amides is 1. The number of aryl methyl sites for hydroxylation is 1. The zero-order chi connectivity index (χ0) is 36.2. The first-order valence-electron chi connectivity index (χ1n) is 17.5. The Balaban J connectivity index is 1.07. The molecule has 1 fully saturated rings. The summed E-state index contributed by atoms with van der Waals surface area (Å²) in [5, 5.41) is 8.00. The molecule has 0 aliphatic carbocycles. The second kappa shape index (κ2) is 15.2. The van der Waals surface area contributed by atoms with Gasteiger partial charge in [0.1, 0.15) is 5.75 Å². The first-order chi connectivity index (χ1) is 25.3. The highest BCUT2D eigenvalue weighted by Crippen LogP contribution is 2.38. The van der Waals surface area contributed by atoms with E-state index in [1.807, 2.05) is 31.2 Å². The number of halogens is 1. The molecule has 10 nitrogen and oxygen atoms in total. The van der Waals surface area contributed by atoms with Crippen LogP contribution in [0, 0.1) is 18.7 Å². The summed E-state index contributed by atoms with van der Waals surface area (Å²) < 4.78 is 34.8. The van der Waals surface area contributed by atoms with Crippen molar-refractivity contribution in [3.05, 3.63) is 118 Å². The van der Waals surface area contributed by atoms with Crippen LogP contribution in [0.25, 0.3) is 27.5 Å². The van der Waals surface area contributed by atoms with E-state index < -0.39 is 17.2 Å². The molecule has 52 heavy (non-hydrogen) atoms. The highest BCUT2D eigenvalue weighted by molar-refractivity contribution is 6.04. The summed E-state index contributed by atoms with van der Waals surface area (Å²) in [6.45, 7) is 8.06. The molecule has 0 saturated carbocycles. The lowest BCUT2D eigenvalue weighted by Crippen LogP contribution is -2.34. The number of hydrogen-bond donors (Lipinski definition) is 1. The third-order valence-electron chi connectivity index (χ3n) is 9.43. The van der Waals surface area contributed by atoms with Gasteiger partial charge in [-0.3, -0.25) is 14.6 Å². The number of nitrogens with one attached hydrogen (secondary N) is 1. The fourth-order valence-electron chi connectivity index (χ4n) is 6.42. The number of pyridine rings is 1. The van der Waals surface area contributed by atoms with Gasteiger partial charge in [0.05, 0.1) is 35.8 Å². The van der Waals surface area contributed by atoms with E-state index in [0.717, 1.165) is 43.6 Å². The smallest absolute Gasteiger partial charge is 0.280 e. The molecule has 1 N–H and O–H groups in total. The molecular weight excluding hydrogens is 661 g/mol. The highest BCUT2D eigenvalue weighted by Gasteiger charge is 2.20. The first kappa shape index (κ1) is 34.6. The van der Waals surface area contributed by atoms with Crippen LogP contribution in [0.3, 0.4) is 0 Å². The summed E-state index contributed by atoms with van der Waals surface area (Å²) >= 11 is 0. The van der Waals surface area contributed by atoms with Gasteiger partial charge in [-0.15, -0.1) is 0 Å². The Hall–Kier alpha value is -5.81. The van der Waals surface area contributed by atoms with Crippen LogP contribution in [-0.4, -0.2) is 58.9 Å². The molecule has 4 aromatic carbocycles. The van der Waals surface area contributed by atoms with E-state index in [2.05, 4.69) is 27.2 Å². The summed E-state index contributed by atoms with van der Waals surface area (Å²) in [5.74, 6) is 0.692. The molecule has 2 aromatic heterocycles. The predicted molar refractivity (Wildman–Crippen MR) is 200 cm³/mol. The molecule has 1 amide bonds. The van der Waals surface area contributed by atoms with E-state index in [1.54, 1.807) is 60.5 Å². The number of nitrogens with zero attached hydrogens (tertiary/aromatic N) is 4. The van der Waals surface area contributed by atoms with Gasteiger partial charge in [0.25, 0.3) is 5.91 Å². The van der Waals surface area contributed by atoms with Crippen molar-refractivity contribution >= 4 is 33.4 Å². The largest absolute Gasteiger partial charge is 0.493 e. The van der Waals surface area contributed by atoms with Gasteiger partial charge in [-0.25, -0.2) is 9.07 Å². The van der Waals surface area contributed by atoms with Crippen molar-refractivity contribution < 1.29 is 23.4 Å². The topological polar surface area (TPSA) is 108 Å². The van der Waals surface area contributed by atoms with Crippen molar-refractivity contribution in [2.24, 2.45) is 5.92 Å². The van der Waals surface area contributed by atoms with E-state index in [-0.39, 0.29) is 17.1 Å². The third-order valence-corrected chi connectivity index (χ3v) is 9.43. The normalized spacial score (nSPS) is 13.7. The van der Waals surface area contributed by atoms with E-state index in [4.69, 9.17) is 14.2 Å². The summed E-state index contributed by atoms with van der Waals surface area (Å²) in [6.07, 6.45) is 4.95. The Kier molecular flexibility index (Phi) is 10.1. The van der Waals surface area contributed by atoms with Gasteiger partial charge < -0.3 is 24.4 Å². The van der Waals surface area contributed by atoms with Crippen molar-refractivity contribution in [1.82, 2.24) is 19.7 Å². The summed E-state index contributed by atoms with van der Waals surface area (Å²) in [7, 11) is 1.57. The van der Waals surface area contributed by atoms with E-state index >= 15 is 4.39 Å². The minimum atomic E-state index is -0.768. The Morgan fingerprint density at radius 2 is 1.71 bits per heavy atom. The number of likely N-dealkylation sites (tertiary alicyclic amines) is 1. The molecule has 0 atom stereocenters. The van der Waals surface area contributed by atoms with Gasteiger partial charge in [0.2, 0.25) is 5.43 Å². The molecule has 0 spiro atoms. The summed E-state index contributed by atoms with van der Waals surface area (Å²) in [4.78, 5) is 33.8. The minimum absolute atomic E-state index is 0.0672. The summed E-state index contributed by atoms with van der Waals surface area (Å²) in [6, 6.07) is 23.8. The molecule has 1 aliphatic heterocycles. The number of fused-ring (bicyclic) bond motifs is 2. The fourth-order valence-corrected chi connectivity index (χ4v) is 6.42. The van der Waals surface area contributed by atoms with Crippen LogP contribution in [-0.2, 0) is 0 Å². The molecule has 0 unspecified atom stereocenters.